The van der Waals surface area contributed by atoms with Crippen LogP contribution in [0.5, 0.6) is 0 Å². The Labute approximate surface area is 209 Å². The summed E-state index contributed by atoms with van der Waals surface area (Å²) in [4.78, 5) is 17.7. The fourth-order valence-electron chi connectivity index (χ4n) is 3.92. The summed E-state index contributed by atoms with van der Waals surface area (Å²) in [6.07, 6.45) is -4.73. The number of rotatable bonds is 6. The normalized spacial score (nSPS) is 11.5. The van der Waals surface area contributed by atoms with Gasteiger partial charge in [0, 0.05) is 23.2 Å². The lowest BCUT2D eigenvalue weighted by atomic mass is 10.1. The minimum atomic E-state index is -4.73. The van der Waals surface area contributed by atoms with Crippen LogP contribution in [0.3, 0.4) is 0 Å². The zero-order valence-corrected chi connectivity index (χ0v) is 19.7. The molecule has 5 aromatic rings. The monoisotopic (exact) mass is 503 g/mol. The zero-order valence-electron chi connectivity index (χ0n) is 18.9. The SMILES string of the molecule is O=c1cc(Nc2ccccc2)n(-c2ccccc2)c2nc(SCc3ccccc3)cc(C(F)(F)F)c12. The molecule has 0 aliphatic carbocycles. The largest absolute Gasteiger partial charge is 0.417 e. The van der Waals surface area contributed by atoms with Crippen LogP contribution >= 0.6 is 11.8 Å². The minimum Gasteiger partial charge on any atom is -0.341 e. The summed E-state index contributed by atoms with van der Waals surface area (Å²) >= 11 is 1.19. The second-order valence-corrected chi connectivity index (χ2v) is 9.03. The molecule has 180 valence electrons. The van der Waals surface area contributed by atoms with Crippen LogP contribution in [-0.4, -0.2) is 9.55 Å². The van der Waals surface area contributed by atoms with Crippen molar-refractivity contribution in [2.45, 2.75) is 17.0 Å². The van der Waals surface area contributed by atoms with E-state index >= 15 is 0 Å². The van der Waals surface area contributed by atoms with Crippen molar-refractivity contribution in [2.24, 2.45) is 0 Å². The van der Waals surface area contributed by atoms with Gasteiger partial charge in [-0.05, 0) is 35.9 Å². The Morgan fingerprint density at radius 1 is 0.833 bits per heavy atom. The van der Waals surface area contributed by atoms with Gasteiger partial charge in [0.2, 0.25) is 0 Å². The second-order valence-electron chi connectivity index (χ2n) is 8.03. The molecular formula is C28H20F3N3OS. The van der Waals surface area contributed by atoms with Gasteiger partial charge in [-0.15, -0.1) is 11.8 Å². The van der Waals surface area contributed by atoms with Crippen LogP contribution in [0.2, 0.25) is 0 Å². The molecule has 2 heterocycles. The first-order valence-electron chi connectivity index (χ1n) is 11.1. The Morgan fingerprint density at radius 3 is 2.08 bits per heavy atom. The Morgan fingerprint density at radius 2 is 1.44 bits per heavy atom. The van der Waals surface area contributed by atoms with Gasteiger partial charge in [-0.1, -0.05) is 66.7 Å². The smallest absolute Gasteiger partial charge is 0.341 e. The average molecular weight is 504 g/mol. The molecule has 0 amide bonds. The predicted molar refractivity (Wildman–Crippen MR) is 138 cm³/mol. The maximum absolute atomic E-state index is 14.2. The number of benzene rings is 3. The molecule has 0 bridgehead atoms. The van der Waals surface area contributed by atoms with Crippen molar-refractivity contribution < 1.29 is 13.2 Å². The molecule has 8 heteroatoms. The van der Waals surface area contributed by atoms with Gasteiger partial charge in [-0.3, -0.25) is 9.36 Å². The Hall–Kier alpha value is -4.04. The standard InChI is InChI=1S/C28H20F3N3OS/c29-28(30,31)22-16-25(36-18-19-10-4-1-5-11-19)33-27-26(22)23(35)17-24(32-20-12-6-2-7-13-20)34(27)21-14-8-3-9-15-21/h1-17,32H,18H2. The van der Waals surface area contributed by atoms with Crippen LogP contribution in [0.4, 0.5) is 24.7 Å². The van der Waals surface area contributed by atoms with E-state index in [0.29, 0.717) is 22.9 Å². The maximum Gasteiger partial charge on any atom is 0.417 e. The lowest BCUT2D eigenvalue weighted by Gasteiger charge is -2.20. The highest BCUT2D eigenvalue weighted by Gasteiger charge is 2.35. The van der Waals surface area contributed by atoms with Gasteiger partial charge in [0.15, 0.2) is 11.1 Å². The van der Waals surface area contributed by atoms with Crippen LogP contribution in [0, 0.1) is 0 Å². The van der Waals surface area contributed by atoms with Crippen LogP contribution in [0.1, 0.15) is 11.1 Å². The molecule has 0 fully saturated rings. The van der Waals surface area contributed by atoms with Gasteiger partial charge in [-0.2, -0.15) is 13.2 Å². The molecule has 0 unspecified atom stereocenters. The summed E-state index contributed by atoms with van der Waals surface area (Å²) in [5.74, 6) is 0.754. The molecule has 0 aliphatic heterocycles. The topological polar surface area (TPSA) is 46.9 Å². The quantitative estimate of drug-likeness (QED) is 0.245. The predicted octanol–water partition coefficient (Wildman–Crippen LogP) is 7.44. The van der Waals surface area contributed by atoms with E-state index in [-0.39, 0.29) is 10.7 Å². The van der Waals surface area contributed by atoms with E-state index in [4.69, 9.17) is 0 Å². The Kier molecular flexibility index (Phi) is 6.52. The molecule has 0 radical (unpaired) electrons. The third-order valence-corrected chi connectivity index (χ3v) is 6.52. The number of pyridine rings is 2. The molecule has 4 nitrogen and oxygen atoms in total. The van der Waals surface area contributed by atoms with Crippen molar-refractivity contribution in [1.29, 1.82) is 0 Å². The fraction of sp³-hybridized carbons (Fsp3) is 0.0714. The molecule has 0 saturated heterocycles. The van der Waals surface area contributed by atoms with Crippen LogP contribution in [0.25, 0.3) is 16.7 Å². The fourth-order valence-corrected chi connectivity index (χ4v) is 4.78. The number of hydrogen-bond acceptors (Lipinski definition) is 4. The molecule has 0 atom stereocenters. The van der Waals surface area contributed by atoms with Gasteiger partial charge in [0.1, 0.15) is 5.82 Å². The van der Waals surface area contributed by atoms with Crippen molar-refractivity contribution in [3.8, 4) is 5.69 Å². The average Bonchev–Trinajstić information content (AvgIpc) is 2.88. The Balaban J connectivity index is 1.75. The van der Waals surface area contributed by atoms with E-state index in [1.165, 1.54) is 17.8 Å². The van der Waals surface area contributed by atoms with Crippen molar-refractivity contribution >= 4 is 34.3 Å². The first-order chi connectivity index (χ1) is 17.4. The molecule has 0 aliphatic rings. The highest BCUT2D eigenvalue weighted by Crippen LogP contribution is 2.37. The highest BCUT2D eigenvalue weighted by atomic mass is 32.2. The molecule has 0 saturated carbocycles. The third-order valence-electron chi connectivity index (χ3n) is 5.54. The number of alkyl halides is 3. The lowest BCUT2D eigenvalue weighted by molar-refractivity contribution is -0.136. The molecule has 3 aromatic carbocycles. The second kappa shape index (κ2) is 9.91. The number of aromatic nitrogens is 2. The van der Waals surface area contributed by atoms with Crippen LogP contribution in [-0.2, 0) is 11.9 Å². The summed E-state index contributed by atoms with van der Waals surface area (Å²) in [5.41, 5.74) is 0.410. The van der Waals surface area contributed by atoms with Crippen molar-refractivity contribution in [3.63, 3.8) is 0 Å². The first kappa shape index (κ1) is 23.7. The van der Waals surface area contributed by atoms with E-state index in [1.807, 2.05) is 66.7 Å². The van der Waals surface area contributed by atoms with Crippen LogP contribution in [0.15, 0.2) is 113 Å². The van der Waals surface area contributed by atoms with Gasteiger partial charge in [-0.25, -0.2) is 4.98 Å². The van der Waals surface area contributed by atoms with Gasteiger partial charge in [0.25, 0.3) is 0 Å². The van der Waals surface area contributed by atoms with Crippen molar-refractivity contribution in [3.05, 3.63) is 124 Å². The summed E-state index contributed by atoms with van der Waals surface area (Å²) < 4.78 is 44.2. The number of para-hydroxylation sites is 2. The molecule has 1 N–H and O–H groups in total. The van der Waals surface area contributed by atoms with E-state index in [0.717, 1.165) is 11.6 Å². The number of anilines is 2. The number of fused-ring (bicyclic) bond motifs is 1. The molecule has 5 rings (SSSR count). The third kappa shape index (κ3) is 4.99. The molecule has 0 spiro atoms. The van der Waals surface area contributed by atoms with E-state index in [2.05, 4.69) is 10.3 Å². The Bertz CT molecular complexity index is 1550. The van der Waals surface area contributed by atoms with E-state index in [1.54, 1.807) is 28.8 Å². The first-order valence-corrected chi connectivity index (χ1v) is 12.1. The van der Waals surface area contributed by atoms with Crippen molar-refractivity contribution in [1.82, 2.24) is 9.55 Å². The number of thioether (sulfide) groups is 1. The minimum absolute atomic E-state index is 0.0579. The van der Waals surface area contributed by atoms with E-state index < -0.39 is 22.6 Å². The highest BCUT2D eigenvalue weighted by molar-refractivity contribution is 7.98. The molecule has 36 heavy (non-hydrogen) atoms. The van der Waals surface area contributed by atoms with Gasteiger partial charge in [0.05, 0.1) is 16.0 Å². The summed E-state index contributed by atoms with van der Waals surface area (Å²) in [7, 11) is 0. The van der Waals surface area contributed by atoms with Gasteiger partial charge >= 0.3 is 6.18 Å². The number of nitrogens with one attached hydrogen (secondary N) is 1. The number of hydrogen-bond donors (Lipinski definition) is 1. The molecule has 2 aromatic heterocycles. The summed E-state index contributed by atoms with van der Waals surface area (Å²) in [5, 5.41) is 2.89. The van der Waals surface area contributed by atoms with Crippen molar-refractivity contribution in [2.75, 3.05) is 5.32 Å². The maximum atomic E-state index is 14.2. The molecular weight excluding hydrogens is 483 g/mol. The summed E-state index contributed by atoms with van der Waals surface area (Å²) in [6, 6.07) is 29.6. The summed E-state index contributed by atoms with van der Waals surface area (Å²) in [6.45, 7) is 0. The zero-order chi connectivity index (χ0) is 25.1. The lowest BCUT2D eigenvalue weighted by Crippen LogP contribution is -2.18. The van der Waals surface area contributed by atoms with E-state index in [9.17, 15) is 18.0 Å². The number of halogens is 3. The van der Waals surface area contributed by atoms with Crippen LogP contribution < -0.4 is 10.7 Å². The van der Waals surface area contributed by atoms with Gasteiger partial charge < -0.3 is 5.32 Å². The number of nitrogens with zero attached hydrogens (tertiary/aromatic N) is 2.